The fraction of sp³-hybridized carbons (Fsp3) is 0.455. The molecule has 0 aliphatic rings. The zero-order valence-corrected chi connectivity index (χ0v) is 18.2. The maximum absolute atomic E-state index is 13.2. The molecule has 30 heavy (non-hydrogen) atoms. The van der Waals surface area contributed by atoms with Crippen molar-refractivity contribution in [1.82, 2.24) is 19.3 Å². The molecule has 1 amide bonds. The van der Waals surface area contributed by atoms with Gasteiger partial charge in [-0.1, -0.05) is 6.07 Å². The monoisotopic (exact) mass is 411 g/mol. The van der Waals surface area contributed by atoms with Gasteiger partial charge in [-0.3, -0.25) is 19.4 Å². The van der Waals surface area contributed by atoms with E-state index >= 15 is 0 Å². The first-order valence-corrected chi connectivity index (χ1v) is 10.1. The van der Waals surface area contributed by atoms with E-state index in [0.29, 0.717) is 42.9 Å². The van der Waals surface area contributed by atoms with E-state index in [0.717, 1.165) is 5.56 Å². The zero-order valence-electron chi connectivity index (χ0n) is 18.2. The van der Waals surface area contributed by atoms with E-state index in [1.807, 2.05) is 40.7 Å². The van der Waals surface area contributed by atoms with Crippen LogP contribution < -0.4 is 16.4 Å². The van der Waals surface area contributed by atoms with Crippen molar-refractivity contribution >= 4 is 22.6 Å². The van der Waals surface area contributed by atoms with Crippen LogP contribution in [0.4, 0.5) is 0 Å². The Morgan fingerprint density at radius 3 is 2.70 bits per heavy atom. The highest BCUT2D eigenvalue weighted by atomic mass is 16.5. The van der Waals surface area contributed by atoms with Crippen LogP contribution in [-0.2, 0) is 11.3 Å². The summed E-state index contributed by atoms with van der Waals surface area (Å²) in [7, 11) is 0. The summed E-state index contributed by atoms with van der Waals surface area (Å²) in [6.45, 7) is 11.0. The lowest BCUT2D eigenvalue weighted by molar-refractivity contribution is 0.0917. The predicted molar refractivity (Wildman–Crippen MR) is 116 cm³/mol. The Labute approximate surface area is 175 Å². The zero-order chi connectivity index (χ0) is 22.1. The standard InChI is InChI=1S/C22H29N5O3/c1-6-30-12-8-11-26-17(23)15(20(28)25-22(3,4)5)13-16-19(26)24-18-14(2)9-7-10-27(18)21(16)29/h7,9-10,13,23H,6,8,11-12H2,1-5H3,(H,25,28). The number of hydrogen-bond donors (Lipinski definition) is 2. The molecule has 0 bridgehead atoms. The van der Waals surface area contributed by atoms with E-state index < -0.39 is 5.54 Å². The van der Waals surface area contributed by atoms with Crippen LogP contribution in [0.5, 0.6) is 0 Å². The predicted octanol–water partition coefficient (Wildman–Crippen LogP) is 2.39. The fourth-order valence-electron chi connectivity index (χ4n) is 3.36. The van der Waals surface area contributed by atoms with Crippen LogP contribution in [0.2, 0.25) is 0 Å². The summed E-state index contributed by atoms with van der Waals surface area (Å²) in [5, 5.41) is 11.9. The second kappa shape index (κ2) is 8.39. The molecule has 0 fully saturated rings. The summed E-state index contributed by atoms with van der Waals surface area (Å²) < 4.78 is 8.55. The van der Waals surface area contributed by atoms with E-state index in [4.69, 9.17) is 15.1 Å². The number of fused-ring (bicyclic) bond motifs is 2. The van der Waals surface area contributed by atoms with E-state index in [-0.39, 0.29) is 22.5 Å². The molecule has 160 valence electrons. The number of amides is 1. The number of carbonyl (C=O) groups excluding carboxylic acids is 1. The van der Waals surface area contributed by atoms with Crippen molar-refractivity contribution in [3.8, 4) is 0 Å². The van der Waals surface area contributed by atoms with Gasteiger partial charge in [0, 0.05) is 31.5 Å². The van der Waals surface area contributed by atoms with Gasteiger partial charge in [-0.25, -0.2) is 4.98 Å². The van der Waals surface area contributed by atoms with Gasteiger partial charge in [0.1, 0.15) is 16.8 Å². The lowest BCUT2D eigenvalue weighted by Crippen LogP contribution is -2.43. The van der Waals surface area contributed by atoms with Gasteiger partial charge in [-0.2, -0.15) is 0 Å². The molecule has 0 atom stereocenters. The van der Waals surface area contributed by atoms with Crippen LogP contribution in [0.1, 0.15) is 50.0 Å². The Hall–Kier alpha value is -3.00. The van der Waals surface area contributed by atoms with Gasteiger partial charge in [-0.15, -0.1) is 0 Å². The second-order valence-corrected chi connectivity index (χ2v) is 8.35. The number of ether oxygens (including phenoxy) is 1. The van der Waals surface area contributed by atoms with Crippen LogP contribution in [0.15, 0.2) is 29.2 Å². The van der Waals surface area contributed by atoms with Crippen LogP contribution in [0, 0.1) is 12.3 Å². The van der Waals surface area contributed by atoms with Crippen molar-refractivity contribution in [2.24, 2.45) is 0 Å². The quantitative estimate of drug-likeness (QED) is 0.480. The molecular formula is C22H29N5O3. The van der Waals surface area contributed by atoms with E-state index in [1.54, 1.807) is 16.8 Å². The van der Waals surface area contributed by atoms with E-state index in [9.17, 15) is 9.59 Å². The van der Waals surface area contributed by atoms with E-state index in [1.165, 1.54) is 10.5 Å². The fourth-order valence-corrected chi connectivity index (χ4v) is 3.36. The molecule has 3 rings (SSSR count). The number of rotatable bonds is 6. The highest BCUT2D eigenvalue weighted by molar-refractivity contribution is 5.97. The van der Waals surface area contributed by atoms with Gasteiger partial charge < -0.3 is 14.6 Å². The average Bonchev–Trinajstić information content (AvgIpc) is 2.66. The van der Waals surface area contributed by atoms with Crippen molar-refractivity contribution < 1.29 is 9.53 Å². The van der Waals surface area contributed by atoms with Crippen molar-refractivity contribution in [2.45, 2.75) is 53.1 Å². The molecule has 0 aromatic carbocycles. The molecule has 8 heteroatoms. The lowest BCUT2D eigenvalue weighted by Gasteiger charge is -2.21. The smallest absolute Gasteiger partial charge is 0.267 e. The summed E-state index contributed by atoms with van der Waals surface area (Å²) in [6.07, 6.45) is 2.30. The molecule has 0 aliphatic carbocycles. The number of hydrogen-bond acceptors (Lipinski definition) is 5. The topological polar surface area (TPSA) is 101 Å². The maximum Gasteiger partial charge on any atom is 0.267 e. The molecule has 0 saturated carbocycles. The van der Waals surface area contributed by atoms with Crippen LogP contribution >= 0.6 is 0 Å². The number of aryl methyl sites for hydroxylation is 2. The summed E-state index contributed by atoms with van der Waals surface area (Å²) in [6, 6.07) is 5.17. The van der Waals surface area contributed by atoms with Gasteiger partial charge >= 0.3 is 0 Å². The van der Waals surface area contributed by atoms with Crippen molar-refractivity contribution in [3.63, 3.8) is 0 Å². The SMILES string of the molecule is CCOCCCn1c(=N)c(C(=O)NC(C)(C)C)cc2c(=O)n3cccc(C)c3nc21. The molecule has 0 aliphatic heterocycles. The summed E-state index contributed by atoms with van der Waals surface area (Å²) >= 11 is 0. The maximum atomic E-state index is 13.2. The van der Waals surface area contributed by atoms with Gasteiger partial charge in [-0.05, 0) is 58.7 Å². The largest absolute Gasteiger partial charge is 0.382 e. The number of nitrogens with zero attached hydrogens (tertiary/aromatic N) is 3. The molecule has 0 spiro atoms. The molecule has 0 unspecified atom stereocenters. The molecule has 8 nitrogen and oxygen atoms in total. The molecule has 3 aromatic rings. The van der Waals surface area contributed by atoms with Crippen molar-refractivity contribution in [1.29, 1.82) is 5.41 Å². The van der Waals surface area contributed by atoms with Gasteiger partial charge in [0.15, 0.2) is 0 Å². The van der Waals surface area contributed by atoms with Crippen molar-refractivity contribution in [3.05, 3.63) is 51.4 Å². The number of nitrogens with one attached hydrogen (secondary N) is 2. The first kappa shape index (κ1) is 21.7. The minimum absolute atomic E-state index is 0.0329. The normalized spacial score (nSPS) is 11.9. The first-order valence-electron chi connectivity index (χ1n) is 10.1. The number of pyridine rings is 2. The summed E-state index contributed by atoms with van der Waals surface area (Å²) in [5.74, 6) is -0.387. The summed E-state index contributed by atoms with van der Waals surface area (Å²) in [4.78, 5) is 30.8. The van der Waals surface area contributed by atoms with Gasteiger partial charge in [0.2, 0.25) is 0 Å². The third-order valence-corrected chi connectivity index (χ3v) is 4.74. The number of carbonyl (C=O) groups is 1. The number of aromatic nitrogens is 3. The average molecular weight is 412 g/mol. The van der Waals surface area contributed by atoms with Crippen molar-refractivity contribution in [2.75, 3.05) is 13.2 Å². The van der Waals surface area contributed by atoms with Crippen LogP contribution in [-0.4, -0.2) is 38.6 Å². The molecule has 3 heterocycles. The Kier molecular flexibility index (Phi) is 6.07. The molecule has 2 N–H and O–H groups in total. The third kappa shape index (κ3) is 4.28. The Morgan fingerprint density at radius 1 is 1.30 bits per heavy atom. The highest BCUT2D eigenvalue weighted by Gasteiger charge is 2.21. The second-order valence-electron chi connectivity index (χ2n) is 8.35. The van der Waals surface area contributed by atoms with Gasteiger partial charge in [0.05, 0.1) is 10.9 Å². The Morgan fingerprint density at radius 2 is 2.03 bits per heavy atom. The highest BCUT2D eigenvalue weighted by Crippen LogP contribution is 2.14. The Bertz CT molecular complexity index is 1220. The molecule has 0 saturated heterocycles. The third-order valence-electron chi connectivity index (χ3n) is 4.74. The lowest BCUT2D eigenvalue weighted by atomic mass is 10.1. The molecular weight excluding hydrogens is 382 g/mol. The van der Waals surface area contributed by atoms with Gasteiger partial charge in [0.25, 0.3) is 11.5 Å². The molecule has 3 aromatic heterocycles. The minimum Gasteiger partial charge on any atom is -0.382 e. The minimum atomic E-state index is -0.466. The summed E-state index contributed by atoms with van der Waals surface area (Å²) in [5.41, 5.74) is 1.26. The Balaban J connectivity index is 2.29. The van der Waals surface area contributed by atoms with E-state index in [2.05, 4.69) is 5.32 Å². The first-order chi connectivity index (χ1) is 14.1. The van der Waals surface area contributed by atoms with Crippen LogP contribution in [0.25, 0.3) is 16.7 Å². The molecule has 0 radical (unpaired) electrons. The van der Waals surface area contributed by atoms with Crippen LogP contribution in [0.3, 0.4) is 0 Å².